The molecule has 2 heterocycles. The van der Waals surface area contributed by atoms with Gasteiger partial charge in [-0.1, -0.05) is 11.2 Å². The van der Waals surface area contributed by atoms with Crippen molar-refractivity contribution in [2.24, 2.45) is 0 Å². The number of nitrogen functional groups attached to an aromatic ring is 1. The maximum atomic E-state index is 13.6. The lowest BCUT2D eigenvalue weighted by atomic mass is 10.3. The van der Waals surface area contributed by atoms with Crippen molar-refractivity contribution in [1.29, 1.82) is 0 Å². The van der Waals surface area contributed by atoms with Gasteiger partial charge in [-0.15, -0.1) is 0 Å². The fraction of sp³-hybridized carbons (Fsp3) is 0.167. The molecule has 5 nitrogen and oxygen atoms in total. The van der Waals surface area contributed by atoms with Crippen LogP contribution in [0.4, 0.5) is 10.3 Å². The summed E-state index contributed by atoms with van der Waals surface area (Å²) in [5.74, 6) is 0.526. The molecule has 2 N–H and O–H groups in total. The predicted octanol–water partition coefficient (Wildman–Crippen LogP) is 2.10. The van der Waals surface area contributed by atoms with Crippen LogP contribution in [-0.4, -0.2) is 14.7 Å². The molecule has 2 aromatic heterocycles. The third kappa shape index (κ3) is 1.62. The molecule has 0 saturated heterocycles. The van der Waals surface area contributed by atoms with Gasteiger partial charge in [0.05, 0.1) is 17.8 Å². The van der Waals surface area contributed by atoms with Gasteiger partial charge in [0, 0.05) is 6.07 Å². The average Bonchev–Trinajstić information content (AvgIpc) is 2.87. The third-order valence-electron chi connectivity index (χ3n) is 2.75. The van der Waals surface area contributed by atoms with Crippen LogP contribution in [0.2, 0.25) is 0 Å². The number of rotatable bonds is 2. The van der Waals surface area contributed by atoms with Gasteiger partial charge in [-0.2, -0.15) is 0 Å². The lowest BCUT2D eigenvalue weighted by molar-refractivity contribution is 0.374. The summed E-state index contributed by atoms with van der Waals surface area (Å²) >= 11 is 0. The van der Waals surface area contributed by atoms with Crippen LogP contribution in [0.15, 0.2) is 28.8 Å². The highest BCUT2D eigenvalue weighted by molar-refractivity contribution is 5.78. The van der Waals surface area contributed by atoms with Gasteiger partial charge in [0.15, 0.2) is 11.6 Å². The fourth-order valence-corrected chi connectivity index (χ4v) is 1.94. The van der Waals surface area contributed by atoms with E-state index >= 15 is 0 Å². The van der Waals surface area contributed by atoms with E-state index in [9.17, 15) is 4.39 Å². The lowest BCUT2D eigenvalue weighted by Gasteiger charge is -2.02. The van der Waals surface area contributed by atoms with E-state index in [1.807, 2.05) is 13.0 Å². The number of fused-ring (bicyclic) bond motifs is 1. The molecule has 0 unspecified atom stereocenters. The van der Waals surface area contributed by atoms with Gasteiger partial charge in [-0.05, 0) is 19.1 Å². The molecule has 1 aromatic carbocycles. The Bertz CT molecular complexity index is 716. The number of aryl methyl sites for hydroxylation is 1. The molecule has 0 radical (unpaired) electrons. The molecule has 0 atom stereocenters. The number of nitrogens with zero attached hydrogens (tertiary/aromatic N) is 3. The van der Waals surface area contributed by atoms with Crippen molar-refractivity contribution in [2.75, 3.05) is 5.73 Å². The second kappa shape index (κ2) is 3.83. The van der Waals surface area contributed by atoms with Gasteiger partial charge in [0.1, 0.15) is 5.52 Å². The van der Waals surface area contributed by atoms with Crippen molar-refractivity contribution in [3.8, 4) is 0 Å². The minimum Gasteiger partial charge on any atom is -0.369 e. The van der Waals surface area contributed by atoms with Crippen molar-refractivity contribution >= 4 is 17.0 Å². The smallest absolute Gasteiger partial charge is 0.201 e. The quantitative estimate of drug-likeness (QED) is 0.751. The molecule has 0 aliphatic rings. The molecule has 0 fully saturated rings. The van der Waals surface area contributed by atoms with E-state index in [1.54, 1.807) is 16.7 Å². The normalized spacial score (nSPS) is 11.2. The molecule has 6 heteroatoms. The zero-order chi connectivity index (χ0) is 12.7. The molecule has 3 aromatic rings. The summed E-state index contributed by atoms with van der Waals surface area (Å²) in [6, 6.07) is 6.56. The minimum atomic E-state index is -0.383. The molecule has 3 rings (SSSR count). The van der Waals surface area contributed by atoms with Gasteiger partial charge in [0.25, 0.3) is 0 Å². The first-order valence-electron chi connectivity index (χ1n) is 5.47. The SMILES string of the molecule is Cc1cc(Cn2c(N)nc3c(F)cccc32)on1. The Labute approximate surface area is 102 Å². The van der Waals surface area contributed by atoms with Crippen LogP contribution in [0.25, 0.3) is 11.0 Å². The topological polar surface area (TPSA) is 69.9 Å². The van der Waals surface area contributed by atoms with E-state index in [0.717, 1.165) is 5.69 Å². The molecule has 0 amide bonds. The Balaban J connectivity index is 2.11. The zero-order valence-corrected chi connectivity index (χ0v) is 9.72. The summed E-state index contributed by atoms with van der Waals surface area (Å²) in [7, 11) is 0. The van der Waals surface area contributed by atoms with Gasteiger partial charge in [-0.25, -0.2) is 9.37 Å². The van der Waals surface area contributed by atoms with Crippen LogP contribution in [0.3, 0.4) is 0 Å². The molecule has 0 spiro atoms. The maximum absolute atomic E-state index is 13.6. The number of para-hydroxylation sites is 1. The third-order valence-corrected chi connectivity index (χ3v) is 2.75. The number of nitrogens with two attached hydrogens (primary N) is 1. The molecule has 92 valence electrons. The summed E-state index contributed by atoms with van der Waals surface area (Å²) in [6.07, 6.45) is 0. The van der Waals surface area contributed by atoms with Crippen molar-refractivity contribution in [2.45, 2.75) is 13.5 Å². The van der Waals surface area contributed by atoms with Gasteiger partial charge < -0.3 is 14.8 Å². The second-order valence-electron chi connectivity index (χ2n) is 4.10. The molecule has 0 aliphatic heterocycles. The van der Waals surface area contributed by atoms with Crippen LogP contribution in [0, 0.1) is 12.7 Å². The van der Waals surface area contributed by atoms with Crippen molar-refractivity contribution < 1.29 is 8.91 Å². The highest BCUT2D eigenvalue weighted by Gasteiger charge is 2.13. The number of aromatic nitrogens is 3. The summed E-state index contributed by atoms with van der Waals surface area (Å²) < 4.78 is 20.4. The molecule has 0 aliphatic carbocycles. The van der Waals surface area contributed by atoms with E-state index < -0.39 is 0 Å². The molecule has 0 saturated carbocycles. The Kier molecular flexibility index (Phi) is 2.29. The number of anilines is 1. The molecule has 18 heavy (non-hydrogen) atoms. The van der Waals surface area contributed by atoms with Gasteiger partial charge >= 0.3 is 0 Å². The van der Waals surface area contributed by atoms with Gasteiger partial charge in [0.2, 0.25) is 5.95 Å². The number of imidazole rings is 1. The number of hydrogen-bond acceptors (Lipinski definition) is 4. The molecular formula is C12H11FN4O. The summed E-state index contributed by atoms with van der Waals surface area (Å²) in [5, 5.41) is 3.80. The van der Waals surface area contributed by atoms with Crippen LogP contribution in [-0.2, 0) is 6.54 Å². The first-order chi connectivity index (χ1) is 8.65. The van der Waals surface area contributed by atoms with E-state index in [1.165, 1.54) is 6.07 Å². The number of hydrogen-bond donors (Lipinski definition) is 1. The van der Waals surface area contributed by atoms with Crippen molar-refractivity contribution in [3.63, 3.8) is 0 Å². The zero-order valence-electron chi connectivity index (χ0n) is 9.72. The monoisotopic (exact) mass is 246 g/mol. The Morgan fingerprint density at radius 1 is 1.44 bits per heavy atom. The van der Waals surface area contributed by atoms with E-state index in [-0.39, 0.29) is 17.3 Å². The average molecular weight is 246 g/mol. The number of halogens is 1. The largest absolute Gasteiger partial charge is 0.369 e. The number of benzene rings is 1. The first-order valence-corrected chi connectivity index (χ1v) is 5.47. The van der Waals surface area contributed by atoms with Gasteiger partial charge in [-0.3, -0.25) is 0 Å². The Morgan fingerprint density at radius 2 is 2.28 bits per heavy atom. The fourth-order valence-electron chi connectivity index (χ4n) is 1.94. The van der Waals surface area contributed by atoms with Crippen LogP contribution in [0.1, 0.15) is 11.5 Å². The predicted molar refractivity (Wildman–Crippen MR) is 64.4 cm³/mol. The van der Waals surface area contributed by atoms with E-state index in [2.05, 4.69) is 10.1 Å². The lowest BCUT2D eigenvalue weighted by Crippen LogP contribution is -2.03. The van der Waals surface area contributed by atoms with E-state index in [4.69, 9.17) is 10.3 Å². The Hall–Kier alpha value is -2.37. The summed E-state index contributed by atoms with van der Waals surface area (Å²) in [5.41, 5.74) is 7.50. The van der Waals surface area contributed by atoms with Crippen LogP contribution >= 0.6 is 0 Å². The van der Waals surface area contributed by atoms with Crippen LogP contribution < -0.4 is 5.73 Å². The highest BCUT2D eigenvalue weighted by atomic mass is 19.1. The minimum absolute atomic E-state index is 0.254. The van der Waals surface area contributed by atoms with Crippen LogP contribution in [0.5, 0.6) is 0 Å². The van der Waals surface area contributed by atoms with Crippen molar-refractivity contribution in [1.82, 2.24) is 14.7 Å². The standard InChI is InChI=1S/C12H11FN4O/c1-7-5-8(18-16-7)6-17-10-4-2-3-9(13)11(10)15-12(17)14/h2-5H,6H2,1H3,(H2,14,15). The molecular weight excluding hydrogens is 235 g/mol. The second-order valence-corrected chi connectivity index (χ2v) is 4.10. The van der Waals surface area contributed by atoms with E-state index in [0.29, 0.717) is 17.8 Å². The first kappa shape index (κ1) is 10.8. The summed E-state index contributed by atoms with van der Waals surface area (Å²) in [4.78, 5) is 4.02. The maximum Gasteiger partial charge on any atom is 0.201 e. The molecule has 0 bridgehead atoms. The summed E-state index contributed by atoms with van der Waals surface area (Å²) in [6.45, 7) is 2.22. The Morgan fingerprint density at radius 3 is 3.00 bits per heavy atom. The van der Waals surface area contributed by atoms with Crippen molar-refractivity contribution in [3.05, 3.63) is 41.5 Å². The highest BCUT2D eigenvalue weighted by Crippen LogP contribution is 2.21.